The highest BCUT2D eigenvalue weighted by atomic mass is 32.1. The molecule has 0 amide bonds. The van der Waals surface area contributed by atoms with Crippen molar-refractivity contribution in [1.82, 2.24) is 10.3 Å². The minimum Gasteiger partial charge on any atom is -0.461 e. The van der Waals surface area contributed by atoms with Gasteiger partial charge in [0.25, 0.3) is 0 Å². The second-order valence-electron chi connectivity index (χ2n) is 3.25. The zero-order valence-corrected chi connectivity index (χ0v) is 10.1. The molecule has 1 unspecified atom stereocenters. The van der Waals surface area contributed by atoms with E-state index in [4.69, 9.17) is 4.74 Å². The van der Waals surface area contributed by atoms with Crippen molar-refractivity contribution in [3.63, 3.8) is 0 Å². The van der Waals surface area contributed by atoms with Crippen molar-refractivity contribution >= 4 is 17.3 Å². The zero-order chi connectivity index (χ0) is 11.3. The second kappa shape index (κ2) is 5.82. The van der Waals surface area contributed by atoms with Crippen LogP contribution in [0.25, 0.3) is 0 Å². The Morgan fingerprint density at radius 1 is 1.73 bits per heavy atom. The van der Waals surface area contributed by atoms with Crippen molar-refractivity contribution < 1.29 is 9.53 Å². The summed E-state index contributed by atoms with van der Waals surface area (Å²) in [5.41, 5.74) is 0.416. The molecule has 0 fully saturated rings. The number of carbonyl (C=O) groups excluding carboxylic acids is 1. The molecule has 15 heavy (non-hydrogen) atoms. The van der Waals surface area contributed by atoms with Crippen LogP contribution >= 0.6 is 11.3 Å². The number of likely N-dealkylation sites (N-methyl/N-ethyl adjacent to an activating group) is 1. The molecule has 1 heterocycles. The van der Waals surface area contributed by atoms with Gasteiger partial charge < -0.3 is 10.1 Å². The first-order valence-electron chi connectivity index (χ1n) is 4.96. The molecule has 0 aliphatic heterocycles. The van der Waals surface area contributed by atoms with Crippen LogP contribution in [-0.4, -0.2) is 31.2 Å². The Bertz CT molecular complexity index is 325. The monoisotopic (exact) mass is 228 g/mol. The third-order valence-electron chi connectivity index (χ3n) is 1.94. The SMILES string of the molecule is CCOC(=O)c1csc(C(C)CNC)n1. The van der Waals surface area contributed by atoms with E-state index >= 15 is 0 Å². The predicted octanol–water partition coefficient (Wildman–Crippen LogP) is 1.64. The molecule has 0 spiro atoms. The van der Waals surface area contributed by atoms with Crippen molar-refractivity contribution in [1.29, 1.82) is 0 Å². The Kier molecular flexibility index (Phi) is 4.71. The van der Waals surface area contributed by atoms with E-state index in [0.717, 1.165) is 11.6 Å². The van der Waals surface area contributed by atoms with E-state index in [0.29, 0.717) is 18.2 Å². The molecule has 1 N–H and O–H groups in total. The minimum absolute atomic E-state index is 0.322. The first kappa shape index (κ1) is 12.1. The average Bonchev–Trinajstić information content (AvgIpc) is 2.67. The fourth-order valence-corrected chi connectivity index (χ4v) is 2.05. The molecule has 4 nitrogen and oxygen atoms in total. The number of ether oxygens (including phenoxy) is 1. The van der Waals surface area contributed by atoms with Gasteiger partial charge in [-0.15, -0.1) is 11.3 Å². The van der Waals surface area contributed by atoms with Crippen LogP contribution in [0.15, 0.2) is 5.38 Å². The normalized spacial score (nSPS) is 12.5. The van der Waals surface area contributed by atoms with E-state index < -0.39 is 0 Å². The topological polar surface area (TPSA) is 51.2 Å². The maximum atomic E-state index is 11.3. The maximum absolute atomic E-state index is 11.3. The van der Waals surface area contributed by atoms with Crippen molar-refractivity contribution in [2.75, 3.05) is 20.2 Å². The summed E-state index contributed by atoms with van der Waals surface area (Å²) in [6.45, 7) is 5.10. The summed E-state index contributed by atoms with van der Waals surface area (Å²) in [6, 6.07) is 0. The quantitative estimate of drug-likeness (QED) is 0.778. The first-order chi connectivity index (χ1) is 7.19. The third kappa shape index (κ3) is 3.28. The number of hydrogen-bond donors (Lipinski definition) is 1. The van der Waals surface area contributed by atoms with Crippen molar-refractivity contribution in [2.45, 2.75) is 19.8 Å². The molecule has 1 aromatic heterocycles. The lowest BCUT2D eigenvalue weighted by Crippen LogP contribution is -2.15. The molecule has 1 aromatic rings. The van der Waals surface area contributed by atoms with E-state index in [1.165, 1.54) is 11.3 Å². The number of esters is 1. The fourth-order valence-electron chi connectivity index (χ4n) is 1.21. The molecule has 0 bridgehead atoms. The average molecular weight is 228 g/mol. The van der Waals surface area contributed by atoms with Gasteiger partial charge in [-0.3, -0.25) is 0 Å². The lowest BCUT2D eigenvalue weighted by Gasteiger charge is -2.05. The number of rotatable bonds is 5. The molecule has 1 rings (SSSR count). The number of carbonyl (C=O) groups is 1. The molecule has 0 aromatic carbocycles. The molecule has 1 atom stereocenters. The zero-order valence-electron chi connectivity index (χ0n) is 9.24. The van der Waals surface area contributed by atoms with Crippen molar-refractivity contribution in [2.24, 2.45) is 0 Å². The smallest absolute Gasteiger partial charge is 0.357 e. The van der Waals surface area contributed by atoms with E-state index in [1.807, 2.05) is 7.05 Å². The molecule has 0 aliphatic carbocycles. The molecule has 84 valence electrons. The summed E-state index contributed by atoms with van der Waals surface area (Å²) in [5.74, 6) is -0.0140. The highest BCUT2D eigenvalue weighted by Crippen LogP contribution is 2.19. The Morgan fingerprint density at radius 2 is 2.47 bits per heavy atom. The summed E-state index contributed by atoms with van der Waals surface area (Å²) in [6.07, 6.45) is 0. The van der Waals surface area contributed by atoms with Crippen LogP contribution in [-0.2, 0) is 4.74 Å². The summed E-state index contributed by atoms with van der Waals surface area (Å²) < 4.78 is 4.87. The fraction of sp³-hybridized carbons (Fsp3) is 0.600. The Hall–Kier alpha value is -0.940. The molecular formula is C10H16N2O2S. The lowest BCUT2D eigenvalue weighted by molar-refractivity contribution is 0.0520. The third-order valence-corrected chi connectivity index (χ3v) is 3.01. The van der Waals surface area contributed by atoms with Gasteiger partial charge in [0.1, 0.15) is 0 Å². The van der Waals surface area contributed by atoms with Gasteiger partial charge >= 0.3 is 5.97 Å². The van der Waals surface area contributed by atoms with Gasteiger partial charge in [-0.2, -0.15) is 0 Å². The molecular weight excluding hydrogens is 212 g/mol. The van der Waals surface area contributed by atoms with Crippen LogP contribution in [0, 0.1) is 0 Å². The van der Waals surface area contributed by atoms with Crippen LogP contribution in [0.5, 0.6) is 0 Å². The van der Waals surface area contributed by atoms with Gasteiger partial charge in [0.05, 0.1) is 11.6 Å². The van der Waals surface area contributed by atoms with Gasteiger partial charge in [0.2, 0.25) is 0 Å². The van der Waals surface area contributed by atoms with Crippen LogP contribution in [0.4, 0.5) is 0 Å². The minimum atomic E-state index is -0.336. The Balaban J connectivity index is 2.67. The van der Waals surface area contributed by atoms with Crippen LogP contribution in [0.1, 0.15) is 35.3 Å². The molecule has 0 saturated carbocycles. The number of aromatic nitrogens is 1. The number of thiazole rings is 1. The number of nitrogens with one attached hydrogen (secondary N) is 1. The standard InChI is InChI=1S/C10H16N2O2S/c1-4-14-10(13)8-6-15-9(12-8)7(2)5-11-3/h6-7,11H,4-5H2,1-3H3. The lowest BCUT2D eigenvalue weighted by atomic mass is 10.2. The molecule has 0 radical (unpaired) electrons. The molecule has 0 aliphatic rings. The highest BCUT2D eigenvalue weighted by Gasteiger charge is 2.14. The Morgan fingerprint density at radius 3 is 3.07 bits per heavy atom. The largest absolute Gasteiger partial charge is 0.461 e. The maximum Gasteiger partial charge on any atom is 0.357 e. The second-order valence-corrected chi connectivity index (χ2v) is 4.14. The molecule has 5 heteroatoms. The first-order valence-corrected chi connectivity index (χ1v) is 5.84. The van der Waals surface area contributed by atoms with E-state index in [9.17, 15) is 4.79 Å². The van der Waals surface area contributed by atoms with E-state index in [-0.39, 0.29) is 5.97 Å². The summed E-state index contributed by atoms with van der Waals surface area (Å²) in [4.78, 5) is 15.6. The van der Waals surface area contributed by atoms with Crippen LogP contribution < -0.4 is 5.32 Å². The predicted molar refractivity (Wildman–Crippen MR) is 60.4 cm³/mol. The summed E-state index contributed by atoms with van der Waals surface area (Å²) in [5, 5.41) is 5.79. The molecule has 0 saturated heterocycles. The van der Waals surface area contributed by atoms with Gasteiger partial charge in [0.15, 0.2) is 5.69 Å². The highest BCUT2D eigenvalue weighted by molar-refractivity contribution is 7.09. The van der Waals surface area contributed by atoms with E-state index in [1.54, 1.807) is 12.3 Å². The van der Waals surface area contributed by atoms with Crippen LogP contribution in [0.2, 0.25) is 0 Å². The van der Waals surface area contributed by atoms with Gasteiger partial charge in [-0.1, -0.05) is 6.92 Å². The van der Waals surface area contributed by atoms with Gasteiger partial charge in [-0.05, 0) is 14.0 Å². The summed E-state index contributed by atoms with van der Waals surface area (Å²) in [7, 11) is 1.90. The van der Waals surface area contributed by atoms with Crippen LogP contribution in [0.3, 0.4) is 0 Å². The van der Waals surface area contributed by atoms with Gasteiger partial charge in [0, 0.05) is 17.8 Å². The number of hydrogen-bond acceptors (Lipinski definition) is 5. The van der Waals surface area contributed by atoms with Crippen molar-refractivity contribution in [3.8, 4) is 0 Å². The van der Waals surface area contributed by atoms with E-state index in [2.05, 4.69) is 17.2 Å². The Labute approximate surface area is 93.7 Å². The summed E-state index contributed by atoms with van der Waals surface area (Å²) >= 11 is 1.50. The van der Waals surface area contributed by atoms with Gasteiger partial charge in [-0.25, -0.2) is 9.78 Å². The van der Waals surface area contributed by atoms with Crippen molar-refractivity contribution in [3.05, 3.63) is 16.1 Å². The number of nitrogens with zero attached hydrogens (tertiary/aromatic N) is 1.